The van der Waals surface area contributed by atoms with Crippen LogP contribution in [0.1, 0.15) is 5.69 Å². The van der Waals surface area contributed by atoms with Crippen LogP contribution in [0.5, 0.6) is 0 Å². The monoisotopic (exact) mass is 546 g/mol. The van der Waals surface area contributed by atoms with E-state index in [4.69, 9.17) is 16.3 Å². The van der Waals surface area contributed by atoms with Crippen molar-refractivity contribution in [2.24, 2.45) is 5.16 Å². The molecule has 2 aliphatic heterocycles. The molecule has 5 N–H and O–H groups in total. The number of rotatable bonds is 7. The number of pyridine rings is 1. The Hall–Kier alpha value is -3.76. The quantitative estimate of drug-likeness (QED) is 0.138. The third-order valence-electron chi connectivity index (χ3n) is 5.48. The average Bonchev–Trinajstić information content (AvgIpc) is 3.45. The number of hydrogen-bond donors (Lipinski definition) is 3. The Morgan fingerprint density at radius 3 is 2.86 bits per heavy atom. The van der Waals surface area contributed by atoms with E-state index in [0.717, 1.165) is 21.1 Å². The van der Waals surface area contributed by atoms with E-state index >= 15 is 0 Å². The van der Waals surface area contributed by atoms with E-state index in [1.54, 1.807) is 12.3 Å². The number of aliphatic carboxylic acids is 1. The number of nitrogens with two attached hydrogens (primary N) is 2. The molecule has 0 radical (unpaired) electrons. The molecule has 36 heavy (non-hydrogen) atoms. The molecular weight excluding hydrogens is 528 g/mol. The minimum absolute atomic E-state index is 0.151. The van der Waals surface area contributed by atoms with E-state index < -0.39 is 29.2 Å². The van der Waals surface area contributed by atoms with Crippen molar-refractivity contribution in [2.45, 2.75) is 18.0 Å². The number of β-lactam (4-membered cyclic amide) rings is 1. The van der Waals surface area contributed by atoms with Crippen LogP contribution in [-0.2, 0) is 25.8 Å². The van der Waals surface area contributed by atoms with Crippen LogP contribution in [0, 0.1) is 0 Å². The Kier molecular flexibility index (Phi) is 6.23. The number of amides is 2. The van der Waals surface area contributed by atoms with Crippen molar-refractivity contribution in [1.29, 1.82) is 0 Å². The van der Waals surface area contributed by atoms with Gasteiger partial charge in [0.05, 0.1) is 11.7 Å². The first kappa shape index (κ1) is 24.0. The lowest BCUT2D eigenvalue weighted by Gasteiger charge is -2.50. The standard InChI is InChI=1S/C20H18N8O5S3/c1-33-26-11(10-7-35-19(21)24-10)14(29)25-12-15(30)28-13(18(31)32)8(6-34-17(12)28)5-27-4-2-3-9-16(27)36-20(22)23-9/h2-4,7,12,17H,5-6H2,1H3,(H5-,21,22,23,24,25,29,31,32)/t12?,17-/m0/s1. The Bertz CT molecular complexity index is 1460. The lowest BCUT2D eigenvalue weighted by atomic mass is 10.0. The normalized spacial score (nSPS) is 19.8. The number of thiazole rings is 2. The number of carboxylic acid groups (broad SMARTS) is 1. The molecule has 2 atom stereocenters. The topological polar surface area (TPSA) is 193 Å². The van der Waals surface area contributed by atoms with E-state index in [9.17, 15) is 19.5 Å². The molecule has 0 spiro atoms. The molecule has 3 aromatic heterocycles. The number of oxime groups is 1. The summed E-state index contributed by atoms with van der Waals surface area (Å²) < 4.78 is 1.83. The smallest absolute Gasteiger partial charge is 0.291 e. The van der Waals surface area contributed by atoms with E-state index in [1.165, 1.54) is 35.6 Å². The molecule has 13 nitrogen and oxygen atoms in total. The second-order valence-electron chi connectivity index (χ2n) is 7.67. The Balaban J connectivity index is 1.38. The summed E-state index contributed by atoms with van der Waals surface area (Å²) in [6, 6.07) is 2.63. The third kappa shape index (κ3) is 4.12. The highest BCUT2D eigenvalue weighted by molar-refractivity contribution is 8.00. The summed E-state index contributed by atoms with van der Waals surface area (Å²) in [5.74, 6) is -2.43. The summed E-state index contributed by atoms with van der Waals surface area (Å²) >= 11 is 3.74. The zero-order valence-corrected chi connectivity index (χ0v) is 21.0. The molecule has 1 unspecified atom stereocenters. The van der Waals surface area contributed by atoms with Crippen molar-refractivity contribution < 1.29 is 28.9 Å². The molecule has 1 fully saturated rings. The SMILES string of the molecule is CON=C(C(=O)NC1C(=O)N2C(C(=O)[O-])=C(C[n+]3cccc4nc(N)sc43)CS[C@@H]12)c1csc(N)n1. The Labute approximate surface area is 215 Å². The van der Waals surface area contributed by atoms with Gasteiger partial charge in [0.1, 0.15) is 29.7 Å². The summed E-state index contributed by atoms with van der Waals surface area (Å²) in [7, 11) is 1.27. The highest BCUT2D eigenvalue weighted by atomic mass is 32.2. The first-order valence-corrected chi connectivity index (χ1v) is 13.1. The minimum Gasteiger partial charge on any atom is -0.543 e. The number of nitrogens with one attached hydrogen (secondary N) is 1. The summed E-state index contributed by atoms with van der Waals surface area (Å²) in [5.41, 5.74) is 12.5. The maximum atomic E-state index is 13.0. The summed E-state index contributed by atoms with van der Waals surface area (Å²) in [6.45, 7) is 0.207. The Morgan fingerprint density at radius 1 is 1.36 bits per heavy atom. The number of carbonyl (C=O) groups is 3. The molecule has 5 heterocycles. The largest absolute Gasteiger partial charge is 0.543 e. The van der Waals surface area contributed by atoms with Gasteiger partial charge in [0.25, 0.3) is 16.6 Å². The summed E-state index contributed by atoms with van der Waals surface area (Å²) in [5, 5.41) is 20.0. The van der Waals surface area contributed by atoms with Gasteiger partial charge in [0.15, 0.2) is 28.7 Å². The lowest BCUT2D eigenvalue weighted by Crippen LogP contribution is -2.71. The van der Waals surface area contributed by atoms with Crippen molar-refractivity contribution in [3.63, 3.8) is 0 Å². The van der Waals surface area contributed by atoms with Gasteiger partial charge in [-0.1, -0.05) is 5.16 Å². The van der Waals surface area contributed by atoms with Gasteiger partial charge in [-0.15, -0.1) is 23.1 Å². The molecule has 3 aromatic rings. The number of nitrogen functional groups attached to an aromatic ring is 2. The fourth-order valence-corrected chi connectivity index (χ4v) is 6.67. The van der Waals surface area contributed by atoms with Crippen molar-refractivity contribution in [3.8, 4) is 0 Å². The van der Waals surface area contributed by atoms with E-state index in [2.05, 4.69) is 20.4 Å². The second kappa shape index (κ2) is 9.36. The zero-order valence-electron chi connectivity index (χ0n) is 18.5. The molecule has 0 aliphatic carbocycles. The van der Waals surface area contributed by atoms with Gasteiger partial charge in [-0.3, -0.25) is 14.5 Å². The first-order valence-electron chi connectivity index (χ1n) is 10.3. The van der Waals surface area contributed by atoms with E-state index in [-0.39, 0.29) is 28.8 Å². The van der Waals surface area contributed by atoms with Crippen molar-refractivity contribution in [2.75, 3.05) is 24.3 Å². The van der Waals surface area contributed by atoms with Crippen LogP contribution in [0.25, 0.3) is 10.3 Å². The molecule has 0 bridgehead atoms. The zero-order chi connectivity index (χ0) is 25.6. The van der Waals surface area contributed by atoms with Gasteiger partial charge in [-0.2, -0.15) is 4.57 Å². The second-order valence-corrected chi connectivity index (χ2v) is 10.7. The molecule has 186 valence electrons. The van der Waals surface area contributed by atoms with Gasteiger partial charge in [0, 0.05) is 22.8 Å². The number of aromatic nitrogens is 3. The number of nitrogens with zero attached hydrogens (tertiary/aromatic N) is 5. The summed E-state index contributed by atoms with van der Waals surface area (Å²) in [4.78, 5) is 53.0. The third-order valence-corrected chi connectivity index (χ3v) is 8.43. The highest BCUT2D eigenvalue weighted by Gasteiger charge is 2.53. The van der Waals surface area contributed by atoms with Crippen LogP contribution in [0.2, 0.25) is 0 Å². The lowest BCUT2D eigenvalue weighted by molar-refractivity contribution is -0.661. The van der Waals surface area contributed by atoms with Crippen LogP contribution in [0.15, 0.2) is 40.1 Å². The van der Waals surface area contributed by atoms with Gasteiger partial charge in [-0.25, -0.2) is 9.97 Å². The number of carbonyl (C=O) groups excluding carboxylic acids is 3. The molecular formula is C20H18N8O5S3. The van der Waals surface area contributed by atoms with Crippen LogP contribution < -0.4 is 26.5 Å². The van der Waals surface area contributed by atoms with Crippen molar-refractivity contribution in [1.82, 2.24) is 20.2 Å². The van der Waals surface area contributed by atoms with Gasteiger partial charge in [-0.05, 0) is 17.4 Å². The number of hydrogen-bond acceptors (Lipinski definition) is 13. The van der Waals surface area contributed by atoms with Crippen LogP contribution in [0.3, 0.4) is 0 Å². The maximum Gasteiger partial charge on any atom is 0.291 e. The van der Waals surface area contributed by atoms with Crippen LogP contribution in [-0.4, -0.2) is 62.6 Å². The predicted octanol–water partition coefficient (Wildman–Crippen LogP) is -1.34. The van der Waals surface area contributed by atoms with E-state index in [1.807, 2.05) is 10.6 Å². The first-order chi connectivity index (χ1) is 17.3. The Morgan fingerprint density at radius 2 is 2.17 bits per heavy atom. The average molecular weight is 547 g/mol. The van der Waals surface area contributed by atoms with Gasteiger partial charge >= 0.3 is 0 Å². The fourth-order valence-electron chi connectivity index (χ4n) is 3.99. The molecule has 0 aromatic carbocycles. The van der Waals surface area contributed by atoms with Gasteiger partial charge in [0.2, 0.25) is 0 Å². The number of anilines is 2. The maximum absolute atomic E-state index is 13.0. The molecule has 1 saturated heterocycles. The van der Waals surface area contributed by atoms with Crippen molar-refractivity contribution in [3.05, 3.63) is 40.7 Å². The van der Waals surface area contributed by atoms with Crippen LogP contribution in [0.4, 0.5) is 10.3 Å². The number of fused-ring (bicyclic) bond motifs is 2. The van der Waals surface area contributed by atoms with Gasteiger partial charge < -0.3 is 31.5 Å². The summed E-state index contributed by atoms with van der Waals surface area (Å²) in [6.07, 6.45) is 1.79. The molecule has 5 rings (SSSR count). The molecule has 16 heteroatoms. The number of thioether (sulfide) groups is 1. The fraction of sp³-hybridized carbons (Fsp3) is 0.250. The molecule has 2 amide bonds. The molecule has 2 aliphatic rings. The van der Waals surface area contributed by atoms with Crippen molar-refractivity contribution >= 4 is 78.5 Å². The van der Waals surface area contributed by atoms with Crippen LogP contribution >= 0.6 is 34.4 Å². The minimum atomic E-state index is -1.47. The predicted molar refractivity (Wildman–Crippen MR) is 131 cm³/mol. The highest BCUT2D eigenvalue weighted by Crippen LogP contribution is 2.40. The van der Waals surface area contributed by atoms with E-state index in [0.29, 0.717) is 22.0 Å². The number of carboxylic acids is 1. The molecule has 0 saturated carbocycles.